The summed E-state index contributed by atoms with van der Waals surface area (Å²) in [6, 6.07) is 13.0. The van der Waals surface area contributed by atoms with Gasteiger partial charge >= 0.3 is 5.97 Å². The van der Waals surface area contributed by atoms with Crippen molar-refractivity contribution in [3.05, 3.63) is 59.7 Å². The normalized spacial score (nSPS) is 11.2. The van der Waals surface area contributed by atoms with Crippen molar-refractivity contribution < 1.29 is 28.7 Å². The molecule has 0 aliphatic heterocycles. The first-order valence-electron chi connectivity index (χ1n) is 10.4. The first-order chi connectivity index (χ1) is 15.3. The van der Waals surface area contributed by atoms with Gasteiger partial charge in [0, 0.05) is 16.8 Å². The maximum atomic E-state index is 12.2. The second-order valence-corrected chi connectivity index (χ2v) is 7.16. The van der Waals surface area contributed by atoms with Crippen molar-refractivity contribution >= 4 is 29.3 Å². The summed E-state index contributed by atoms with van der Waals surface area (Å²) in [6.07, 6.45) is 0.921. The molecule has 0 saturated heterocycles. The lowest BCUT2D eigenvalue weighted by atomic mass is 10.1. The molecule has 0 heterocycles. The van der Waals surface area contributed by atoms with Gasteiger partial charge in [-0.25, -0.2) is 0 Å². The van der Waals surface area contributed by atoms with Crippen LogP contribution in [0.4, 0.5) is 5.69 Å². The monoisotopic (exact) mass is 440 g/mol. The second-order valence-electron chi connectivity index (χ2n) is 7.16. The number of esters is 1. The summed E-state index contributed by atoms with van der Waals surface area (Å²) in [5.74, 6) is -1.12. The van der Waals surface area contributed by atoms with E-state index in [1.54, 1.807) is 48.5 Å². The van der Waals surface area contributed by atoms with Crippen LogP contribution >= 0.6 is 0 Å². The minimum absolute atomic E-state index is 0.0801. The summed E-state index contributed by atoms with van der Waals surface area (Å²) < 4.78 is 10.6. The molecule has 0 aliphatic rings. The fourth-order valence-electron chi connectivity index (χ4n) is 2.62. The molecule has 8 heteroatoms. The van der Waals surface area contributed by atoms with E-state index in [0.29, 0.717) is 29.2 Å². The van der Waals surface area contributed by atoms with Gasteiger partial charge in [-0.3, -0.25) is 19.2 Å². The molecule has 32 heavy (non-hydrogen) atoms. The van der Waals surface area contributed by atoms with Crippen LogP contribution in [0.1, 0.15) is 54.3 Å². The first-order valence-corrected chi connectivity index (χ1v) is 10.4. The maximum absolute atomic E-state index is 12.2. The molecule has 0 aromatic heterocycles. The van der Waals surface area contributed by atoms with E-state index in [1.807, 2.05) is 0 Å². The molecule has 0 bridgehead atoms. The third kappa shape index (κ3) is 7.86. The molecule has 0 spiro atoms. The Morgan fingerprint density at radius 1 is 0.938 bits per heavy atom. The molecule has 2 aromatic rings. The minimum atomic E-state index is -1.06. The van der Waals surface area contributed by atoms with Gasteiger partial charge in [0.25, 0.3) is 11.8 Å². The number of nitrogens with one attached hydrogen (secondary N) is 2. The molecule has 2 aromatic carbocycles. The lowest BCUT2D eigenvalue weighted by molar-refractivity contribution is -0.152. The van der Waals surface area contributed by atoms with Crippen molar-refractivity contribution in [3.63, 3.8) is 0 Å². The average molecular weight is 440 g/mol. The SMILES string of the molecule is CCCCOc1ccc(C(=O)NCC(=O)OC(C)C(=O)Nc2ccc(C(C)=O)cc2)cc1. The van der Waals surface area contributed by atoms with E-state index in [9.17, 15) is 19.2 Å². The van der Waals surface area contributed by atoms with Gasteiger partial charge in [0.15, 0.2) is 11.9 Å². The minimum Gasteiger partial charge on any atom is -0.494 e. The van der Waals surface area contributed by atoms with Gasteiger partial charge in [0.05, 0.1) is 6.61 Å². The largest absolute Gasteiger partial charge is 0.494 e. The number of carbonyl (C=O) groups is 4. The number of Topliss-reactive ketones (excluding diaryl/α,β-unsaturated/α-hetero) is 1. The van der Waals surface area contributed by atoms with Crippen molar-refractivity contribution in [1.29, 1.82) is 0 Å². The molecule has 0 aliphatic carbocycles. The summed E-state index contributed by atoms with van der Waals surface area (Å²) in [4.78, 5) is 47.7. The first kappa shape index (κ1) is 24.6. The van der Waals surface area contributed by atoms with E-state index in [-0.39, 0.29) is 12.3 Å². The van der Waals surface area contributed by atoms with Crippen LogP contribution in [0.3, 0.4) is 0 Å². The zero-order valence-electron chi connectivity index (χ0n) is 18.5. The molecule has 2 rings (SSSR count). The number of amides is 2. The lowest BCUT2D eigenvalue weighted by Gasteiger charge is -2.14. The van der Waals surface area contributed by atoms with Gasteiger partial charge in [-0.2, -0.15) is 0 Å². The number of hydrogen-bond acceptors (Lipinski definition) is 6. The molecule has 0 saturated carbocycles. The Hall–Kier alpha value is -3.68. The third-order valence-corrected chi connectivity index (χ3v) is 4.51. The molecule has 8 nitrogen and oxygen atoms in total. The Morgan fingerprint density at radius 2 is 1.56 bits per heavy atom. The van der Waals surface area contributed by atoms with Crippen LogP contribution in [0.5, 0.6) is 5.75 Å². The Labute approximate surface area is 187 Å². The van der Waals surface area contributed by atoms with E-state index < -0.39 is 23.9 Å². The van der Waals surface area contributed by atoms with Gasteiger partial charge in [-0.15, -0.1) is 0 Å². The molecule has 1 atom stereocenters. The fourth-order valence-corrected chi connectivity index (χ4v) is 2.62. The molecule has 1 unspecified atom stereocenters. The summed E-state index contributed by atoms with van der Waals surface area (Å²) >= 11 is 0. The molecular formula is C24H28N2O6. The van der Waals surface area contributed by atoms with E-state index in [0.717, 1.165) is 12.8 Å². The van der Waals surface area contributed by atoms with Gasteiger partial charge in [0.2, 0.25) is 0 Å². The predicted molar refractivity (Wildman–Crippen MR) is 120 cm³/mol. The summed E-state index contributed by atoms with van der Waals surface area (Å²) in [6.45, 7) is 5.19. The van der Waals surface area contributed by atoms with E-state index in [2.05, 4.69) is 17.6 Å². The highest BCUT2D eigenvalue weighted by atomic mass is 16.5. The van der Waals surface area contributed by atoms with Gasteiger partial charge in [-0.1, -0.05) is 13.3 Å². The van der Waals surface area contributed by atoms with E-state index in [4.69, 9.17) is 9.47 Å². The smallest absolute Gasteiger partial charge is 0.326 e. The average Bonchev–Trinajstić information content (AvgIpc) is 2.78. The highest BCUT2D eigenvalue weighted by molar-refractivity contribution is 5.98. The number of hydrogen-bond donors (Lipinski definition) is 2. The van der Waals surface area contributed by atoms with Crippen LogP contribution < -0.4 is 15.4 Å². The van der Waals surface area contributed by atoms with Crippen LogP contribution in [0, 0.1) is 0 Å². The topological polar surface area (TPSA) is 111 Å². The Bertz CT molecular complexity index is 938. The highest BCUT2D eigenvalue weighted by Gasteiger charge is 2.18. The van der Waals surface area contributed by atoms with Crippen LogP contribution in [0.25, 0.3) is 0 Å². The Morgan fingerprint density at radius 3 is 2.16 bits per heavy atom. The summed E-state index contributed by atoms with van der Waals surface area (Å²) in [5, 5.41) is 5.06. The van der Waals surface area contributed by atoms with Crippen LogP contribution in [0.2, 0.25) is 0 Å². The van der Waals surface area contributed by atoms with E-state index >= 15 is 0 Å². The van der Waals surface area contributed by atoms with Crippen molar-refractivity contribution in [3.8, 4) is 5.75 Å². The fraction of sp³-hybridized carbons (Fsp3) is 0.333. The van der Waals surface area contributed by atoms with E-state index in [1.165, 1.54) is 13.8 Å². The van der Waals surface area contributed by atoms with Gasteiger partial charge < -0.3 is 20.1 Å². The van der Waals surface area contributed by atoms with Crippen molar-refractivity contribution in [1.82, 2.24) is 5.32 Å². The second kappa shape index (κ2) is 12.2. The number of unbranched alkanes of at least 4 members (excludes halogenated alkanes) is 1. The number of ketones is 1. The highest BCUT2D eigenvalue weighted by Crippen LogP contribution is 2.13. The Balaban J connectivity index is 1.76. The molecule has 0 radical (unpaired) electrons. The zero-order chi connectivity index (χ0) is 23.5. The van der Waals surface area contributed by atoms with Crippen LogP contribution in [-0.4, -0.2) is 42.8 Å². The molecule has 2 N–H and O–H groups in total. The van der Waals surface area contributed by atoms with Crippen molar-refractivity contribution in [2.24, 2.45) is 0 Å². The summed E-state index contributed by atoms with van der Waals surface area (Å²) in [7, 11) is 0. The molecule has 170 valence electrons. The van der Waals surface area contributed by atoms with Crippen LogP contribution in [0.15, 0.2) is 48.5 Å². The number of benzene rings is 2. The van der Waals surface area contributed by atoms with Crippen molar-refractivity contribution in [2.75, 3.05) is 18.5 Å². The van der Waals surface area contributed by atoms with Crippen molar-refractivity contribution in [2.45, 2.75) is 39.7 Å². The quantitative estimate of drug-likeness (QED) is 0.315. The zero-order valence-corrected chi connectivity index (χ0v) is 18.5. The number of anilines is 1. The molecular weight excluding hydrogens is 412 g/mol. The maximum Gasteiger partial charge on any atom is 0.326 e. The van der Waals surface area contributed by atoms with Gasteiger partial charge in [-0.05, 0) is 68.8 Å². The number of rotatable bonds is 11. The standard InChI is InChI=1S/C24H28N2O6/c1-4-5-14-31-21-12-8-19(9-13-21)24(30)25-15-22(28)32-17(3)23(29)26-20-10-6-18(7-11-20)16(2)27/h6-13,17H,4-5,14-15H2,1-3H3,(H,25,30)(H,26,29). The summed E-state index contributed by atoms with van der Waals surface area (Å²) in [5.41, 5.74) is 1.37. The Kier molecular flexibility index (Phi) is 9.41. The van der Waals surface area contributed by atoms with Gasteiger partial charge in [0.1, 0.15) is 12.3 Å². The molecule has 0 fully saturated rings. The number of carbonyl (C=O) groups excluding carboxylic acids is 4. The number of ether oxygens (including phenoxy) is 2. The predicted octanol–water partition coefficient (Wildman–Crippen LogP) is 3.37. The molecule has 2 amide bonds. The van der Waals surface area contributed by atoms with Crippen LogP contribution in [-0.2, 0) is 14.3 Å². The third-order valence-electron chi connectivity index (χ3n) is 4.51. The lowest BCUT2D eigenvalue weighted by Crippen LogP contribution is -2.35.